The Bertz CT molecular complexity index is 697. The monoisotopic (exact) mass is 353 g/mol. The molecule has 0 amide bonds. The first kappa shape index (κ1) is 19.6. The van der Waals surface area contributed by atoms with Gasteiger partial charge >= 0.3 is 0 Å². The van der Waals surface area contributed by atoms with Crippen molar-refractivity contribution in [2.24, 2.45) is 5.10 Å². The molecule has 0 aliphatic rings. The normalized spacial score (nSPS) is 11.3. The Kier molecular flexibility index (Phi) is 8.33. The molecule has 138 valence electrons. The molecule has 0 saturated carbocycles. The smallest absolute Gasteiger partial charge is 0.269 e. The largest absolute Gasteiger partial charge is 0.278 e. The summed E-state index contributed by atoms with van der Waals surface area (Å²) in [7, 11) is 0. The van der Waals surface area contributed by atoms with Crippen LogP contribution in [0.3, 0.4) is 0 Å². The second-order valence-corrected chi connectivity index (χ2v) is 6.36. The number of non-ortho nitro benzene ring substituents is 1. The van der Waals surface area contributed by atoms with Gasteiger partial charge in [-0.2, -0.15) is 5.10 Å². The minimum Gasteiger partial charge on any atom is -0.278 e. The van der Waals surface area contributed by atoms with Crippen molar-refractivity contribution in [3.63, 3.8) is 0 Å². The van der Waals surface area contributed by atoms with Gasteiger partial charge in [-0.05, 0) is 30.5 Å². The maximum atomic E-state index is 10.7. The first-order chi connectivity index (χ1) is 12.7. The van der Waals surface area contributed by atoms with Gasteiger partial charge in [0.2, 0.25) is 0 Å². The summed E-state index contributed by atoms with van der Waals surface area (Å²) in [4.78, 5) is 10.3. The fourth-order valence-electron chi connectivity index (χ4n) is 2.76. The summed E-state index contributed by atoms with van der Waals surface area (Å²) >= 11 is 0. The van der Waals surface area contributed by atoms with Gasteiger partial charge in [-0.15, -0.1) is 0 Å². The second kappa shape index (κ2) is 11.0. The quantitative estimate of drug-likeness (QED) is 0.228. The Hall–Kier alpha value is -2.69. The first-order valence-corrected chi connectivity index (χ1v) is 9.33. The fourth-order valence-corrected chi connectivity index (χ4v) is 2.76. The van der Waals surface area contributed by atoms with Crippen LogP contribution in [0.1, 0.15) is 57.4 Å². The Morgan fingerprint density at radius 1 is 0.962 bits per heavy atom. The number of rotatable bonds is 11. The molecule has 26 heavy (non-hydrogen) atoms. The Balaban J connectivity index is 1.98. The molecule has 0 saturated heterocycles. The number of anilines is 1. The molecule has 2 rings (SSSR count). The molecule has 5 nitrogen and oxygen atoms in total. The third kappa shape index (κ3) is 6.67. The molecule has 0 aliphatic carbocycles. The number of nitrogens with one attached hydrogen (secondary N) is 1. The summed E-state index contributed by atoms with van der Waals surface area (Å²) in [5.41, 5.74) is 5.98. The van der Waals surface area contributed by atoms with Crippen LogP contribution in [0.5, 0.6) is 0 Å². The lowest BCUT2D eigenvalue weighted by Crippen LogP contribution is -2.05. The van der Waals surface area contributed by atoms with Crippen LogP contribution in [0.15, 0.2) is 59.7 Å². The van der Waals surface area contributed by atoms with Crippen molar-refractivity contribution in [2.45, 2.75) is 51.9 Å². The highest BCUT2D eigenvalue weighted by atomic mass is 16.6. The number of benzene rings is 2. The van der Waals surface area contributed by atoms with Crippen LogP contribution in [0.2, 0.25) is 0 Å². The number of unbranched alkanes of at least 4 members (excludes halogenated alkanes) is 5. The number of nitrogens with zero attached hydrogens (tertiary/aromatic N) is 2. The Labute approximate surface area is 155 Å². The van der Waals surface area contributed by atoms with Crippen molar-refractivity contribution in [1.82, 2.24) is 0 Å². The molecule has 5 heteroatoms. The minimum absolute atomic E-state index is 0.0786. The molecule has 0 aromatic heterocycles. The van der Waals surface area contributed by atoms with Gasteiger partial charge in [-0.1, -0.05) is 69.4 Å². The van der Waals surface area contributed by atoms with E-state index in [1.807, 2.05) is 18.2 Å². The molecular weight excluding hydrogens is 326 g/mol. The van der Waals surface area contributed by atoms with Crippen LogP contribution >= 0.6 is 0 Å². The summed E-state index contributed by atoms with van der Waals surface area (Å²) in [6, 6.07) is 16.5. The standard InChI is InChI=1S/C21H27N3O2/c1-2-3-4-5-6-10-13-21(18-11-8-7-9-12-18)23-22-19-14-16-20(17-15-19)24(25)26/h7-9,11-12,14-17,22H,2-6,10,13H2,1H3/b23-21+. The van der Waals surface area contributed by atoms with E-state index in [4.69, 9.17) is 0 Å². The lowest BCUT2D eigenvalue weighted by atomic mass is 10.0. The van der Waals surface area contributed by atoms with Crippen molar-refractivity contribution < 1.29 is 4.92 Å². The molecule has 0 unspecified atom stereocenters. The molecule has 0 heterocycles. The van der Waals surface area contributed by atoms with E-state index >= 15 is 0 Å². The summed E-state index contributed by atoms with van der Waals surface area (Å²) in [6.45, 7) is 2.23. The van der Waals surface area contributed by atoms with Crippen molar-refractivity contribution in [3.05, 3.63) is 70.3 Å². The number of nitro benzene ring substituents is 1. The third-order valence-electron chi connectivity index (χ3n) is 4.27. The van der Waals surface area contributed by atoms with Crippen molar-refractivity contribution in [2.75, 3.05) is 5.43 Å². The van der Waals surface area contributed by atoms with Gasteiger partial charge in [0.15, 0.2) is 0 Å². The maximum absolute atomic E-state index is 10.7. The highest BCUT2D eigenvalue weighted by molar-refractivity contribution is 6.00. The third-order valence-corrected chi connectivity index (χ3v) is 4.27. The molecule has 2 aromatic carbocycles. The summed E-state index contributed by atoms with van der Waals surface area (Å²) < 4.78 is 0. The molecule has 0 aliphatic heterocycles. The molecule has 2 aromatic rings. The van der Waals surface area contributed by atoms with Gasteiger partial charge in [0.25, 0.3) is 5.69 Å². The molecule has 0 fully saturated rings. The number of hydrogen-bond donors (Lipinski definition) is 1. The van der Waals surface area contributed by atoms with Gasteiger partial charge in [0.1, 0.15) is 0 Å². The topological polar surface area (TPSA) is 67.5 Å². The van der Waals surface area contributed by atoms with Crippen molar-refractivity contribution in [1.29, 1.82) is 0 Å². The second-order valence-electron chi connectivity index (χ2n) is 6.36. The van der Waals surface area contributed by atoms with E-state index in [1.54, 1.807) is 12.1 Å². The van der Waals surface area contributed by atoms with Gasteiger partial charge in [-0.25, -0.2) is 0 Å². The number of hydrogen-bond acceptors (Lipinski definition) is 4. The van der Waals surface area contributed by atoms with E-state index in [0.717, 1.165) is 29.8 Å². The first-order valence-electron chi connectivity index (χ1n) is 9.33. The zero-order chi connectivity index (χ0) is 18.6. The molecule has 0 radical (unpaired) electrons. The SMILES string of the molecule is CCCCCCCC/C(=N\Nc1ccc([N+](=O)[O-])cc1)c1ccccc1. The summed E-state index contributed by atoms with van der Waals surface area (Å²) in [5.74, 6) is 0. The molecule has 0 bridgehead atoms. The van der Waals surface area contributed by atoms with Crippen molar-refractivity contribution >= 4 is 17.1 Å². The van der Waals surface area contributed by atoms with E-state index in [0.29, 0.717) is 0 Å². The van der Waals surface area contributed by atoms with E-state index in [9.17, 15) is 10.1 Å². The Morgan fingerprint density at radius 3 is 2.27 bits per heavy atom. The van der Waals surface area contributed by atoms with Crippen molar-refractivity contribution in [3.8, 4) is 0 Å². The lowest BCUT2D eigenvalue weighted by Gasteiger charge is -2.08. The summed E-state index contributed by atoms with van der Waals surface area (Å²) in [5, 5.41) is 15.3. The molecule has 0 spiro atoms. The zero-order valence-corrected chi connectivity index (χ0v) is 15.4. The predicted octanol–water partition coefficient (Wildman–Crippen LogP) is 6.16. The van der Waals surface area contributed by atoms with Crippen LogP contribution < -0.4 is 5.43 Å². The van der Waals surface area contributed by atoms with E-state index in [1.165, 1.54) is 44.2 Å². The highest BCUT2D eigenvalue weighted by Crippen LogP contribution is 2.17. The van der Waals surface area contributed by atoms with E-state index < -0.39 is 4.92 Å². The van der Waals surface area contributed by atoms with E-state index in [2.05, 4.69) is 29.6 Å². The minimum atomic E-state index is -0.402. The highest BCUT2D eigenvalue weighted by Gasteiger charge is 2.06. The Morgan fingerprint density at radius 2 is 1.62 bits per heavy atom. The van der Waals surface area contributed by atoms with Crippen LogP contribution in [0, 0.1) is 10.1 Å². The van der Waals surface area contributed by atoms with Crippen LogP contribution in [-0.4, -0.2) is 10.6 Å². The molecule has 1 N–H and O–H groups in total. The fraction of sp³-hybridized carbons (Fsp3) is 0.381. The molecule has 0 atom stereocenters. The van der Waals surface area contributed by atoms with Crippen LogP contribution in [-0.2, 0) is 0 Å². The van der Waals surface area contributed by atoms with Crippen LogP contribution in [0.25, 0.3) is 0 Å². The van der Waals surface area contributed by atoms with Gasteiger partial charge in [-0.3, -0.25) is 15.5 Å². The van der Waals surface area contributed by atoms with Gasteiger partial charge in [0.05, 0.1) is 16.3 Å². The number of hydrazone groups is 1. The molecular formula is C21H27N3O2. The predicted molar refractivity (Wildman–Crippen MR) is 108 cm³/mol. The zero-order valence-electron chi connectivity index (χ0n) is 15.4. The summed E-state index contributed by atoms with van der Waals surface area (Å²) in [6.07, 6.45) is 8.37. The number of nitro groups is 1. The lowest BCUT2D eigenvalue weighted by molar-refractivity contribution is -0.384. The van der Waals surface area contributed by atoms with Crippen LogP contribution in [0.4, 0.5) is 11.4 Å². The van der Waals surface area contributed by atoms with Gasteiger partial charge in [0, 0.05) is 12.1 Å². The average Bonchev–Trinajstić information content (AvgIpc) is 2.68. The maximum Gasteiger partial charge on any atom is 0.269 e. The van der Waals surface area contributed by atoms with E-state index in [-0.39, 0.29) is 5.69 Å². The van der Waals surface area contributed by atoms with Gasteiger partial charge < -0.3 is 0 Å². The average molecular weight is 353 g/mol.